The second-order valence-electron chi connectivity index (χ2n) is 7.58. The molecule has 0 saturated carbocycles. The summed E-state index contributed by atoms with van der Waals surface area (Å²) in [5.41, 5.74) is 1.85. The first-order valence-electron chi connectivity index (χ1n) is 10.3. The molecule has 4 rings (SSSR count). The Morgan fingerprint density at radius 3 is 2.55 bits per heavy atom. The SMILES string of the molecule is COc1ccc(CNC(=O)CN2C(=O)COc3ccc(C(=O)N4CCCC4)cc32)cc1. The number of likely N-dealkylation sites (tertiary alicyclic amines) is 1. The highest BCUT2D eigenvalue weighted by atomic mass is 16.5. The number of carbonyl (C=O) groups is 3. The highest BCUT2D eigenvalue weighted by Crippen LogP contribution is 2.33. The summed E-state index contributed by atoms with van der Waals surface area (Å²) in [4.78, 5) is 41.0. The minimum absolute atomic E-state index is 0.0674. The molecule has 8 nitrogen and oxygen atoms in total. The van der Waals surface area contributed by atoms with E-state index in [4.69, 9.17) is 9.47 Å². The first-order chi connectivity index (χ1) is 15.0. The molecule has 2 heterocycles. The summed E-state index contributed by atoms with van der Waals surface area (Å²) < 4.78 is 10.6. The largest absolute Gasteiger partial charge is 0.497 e. The fourth-order valence-corrected chi connectivity index (χ4v) is 3.75. The van der Waals surface area contributed by atoms with Crippen LogP contribution in [0.3, 0.4) is 0 Å². The van der Waals surface area contributed by atoms with E-state index in [-0.39, 0.29) is 30.9 Å². The van der Waals surface area contributed by atoms with Crippen LogP contribution in [0, 0.1) is 0 Å². The number of hydrogen-bond acceptors (Lipinski definition) is 5. The van der Waals surface area contributed by atoms with Gasteiger partial charge in [0.15, 0.2) is 6.61 Å². The van der Waals surface area contributed by atoms with E-state index in [1.54, 1.807) is 30.2 Å². The molecule has 8 heteroatoms. The van der Waals surface area contributed by atoms with Crippen molar-refractivity contribution < 1.29 is 23.9 Å². The van der Waals surface area contributed by atoms with Gasteiger partial charge < -0.3 is 19.7 Å². The van der Waals surface area contributed by atoms with Crippen LogP contribution in [0.2, 0.25) is 0 Å². The van der Waals surface area contributed by atoms with E-state index < -0.39 is 0 Å². The number of rotatable bonds is 6. The zero-order valence-corrected chi connectivity index (χ0v) is 17.4. The van der Waals surface area contributed by atoms with Gasteiger partial charge >= 0.3 is 0 Å². The minimum atomic E-state index is -0.321. The molecule has 31 heavy (non-hydrogen) atoms. The van der Waals surface area contributed by atoms with Crippen LogP contribution in [-0.4, -0.2) is 56.0 Å². The molecule has 3 amide bonds. The van der Waals surface area contributed by atoms with E-state index in [2.05, 4.69) is 5.32 Å². The molecule has 0 bridgehead atoms. The summed E-state index contributed by atoms with van der Waals surface area (Å²) in [7, 11) is 1.60. The molecule has 1 N–H and O–H groups in total. The monoisotopic (exact) mass is 423 g/mol. The van der Waals surface area contributed by atoms with Crippen molar-refractivity contribution in [3.05, 3.63) is 53.6 Å². The fourth-order valence-electron chi connectivity index (χ4n) is 3.75. The molecule has 2 aromatic rings. The molecule has 0 atom stereocenters. The zero-order chi connectivity index (χ0) is 21.8. The standard InChI is InChI=1S/C23H25N3O5/c1-30-18-7-4-16(5-8-18)13-24-21(27)14-26-19-12-17(23(29)25-10-2-3-11-25)6-9-20(19)31-15-22(26)28/h4-9,12H,2-3,10-11,13-15H2,1H3,(H,24,27). The molecule has 2 aliphatic heterocycles. The summed E-state index contributed by atoms with van der Waals surface area (Å²) >= 11 is 0. The van der Waals surface area contributed by atoms with Crippen LogP contribution in [0.5, 0.6) is 11.5 Å². The Bertz CT molecular complexity index is 983. The van der Waals surface area contributed by atoms with Crippen molar-refractivity contribution in [1.82, 2.24) is 10.2 Å². The lowest BCUT2D eigenvalue weighted by molar-refractivity contribution is -0.125. The smallest absolute Gasteiger partial charge is 0.265 e. The number of methoxy groups -OCH3 is 1. The molecular weight excluding hydrogens is 398 g/mol. The summed E-state index contributed by atoms with van der Waals surface area (Å²) in [6.07, 6.45) is 2.00. The Morgan fingerprint density at radius 2 is 1.84 bits per heavy atom. The predicted octanol–water partition coefficient (Wildman–Crippen LogP) is 1.97. The molecule has 0 radical (unpaired) electrons. The van der Waals surface area contributed by atoms with Crippen LogP contribution in [0.4, 0.5) is 5.69 Å². The summed E-state index contributed by atoms with van der Waals surface area (Å²) in [5.74, 6) is 0.541. The lowest BCUT2D eigenvalue weighted by atomic mass is 10.1. The maximum Gasteiger partial charge on any atom is 0.265 e. The van der Waals surface area contributed by atoms with Crippen molar-refractivity contribution in [2.24, 2.45) is 0 Å². The van der Waals surface area contributed by atoms with E-state index >= 15 is 0 Å². The van der Waals surface area contributed by atoms with Crippen molar-refractivity contribution in [1.29, 1.82) is 0 Å². The van der Waals surface area contributed by atoms with Gasteiger partial charge in [-0.15, -0.1) is 0 Å². The number of hydrogen-bond donors (Lipinski definition) is 1. The van der Waals surface area contributed by atoms with Gasteiger partial charge in [-0.05, 0) is 48.7 Å². The van der Waals surface area contributed by atoms with E-state index in [0.717, 1.165) is 37.2 Å². The second kappa shape index (κ2) is 9.07. The average Bonchev–Trinajstić information content (AvgIpc) is 3.34. The summed E-state index contributed by atoms with van der Waals surface area (Å²) in [5, 5.41) is 2.83. The highest BCUT2D eigenvalue weighted by Gasteiger charge is 2.29. The van der Waals surface area contributed by atoms with Crippen LogP contribution in [-0.2, 0) is 16.1 Å². The third kappa shape index (κ3) is 4.63. The van der Waals surface area contributed by atoms with Gasteiger partial charge in [-0.25, -0.2) is 0 Å². The fraction of sp³-hybridized carbons (Fsp3) is 0.348. The number of amides is 3. The molecule has 0 aliphatic carbocycles. The average molecular weight is 423 g/mol. The molecule has 0 unspecified atom stereocenters. The van der Waals surface area contributed by atoms with Crippen LogP contribution in [0.1, 0.15) is 28.8 Å². The van der Waals surface area contributed by atoms with Gasteiger partial charge in [0.05, 0.1) is 12.8 Å². The predicted molar refractivity (Wildman–Crippen MR) is 114 cm³/mol. The summed E-state index contributed by atoms with van der Waals surface area (Å²) in [6.45, 7) is 1.53. The van der Waals surface area contributed by atoms with Gasteiger partial charge in [-0.3, -0.25) is 19.3 Å². The van der Waals surface area contributed by atoms with Crippen LogP contribution < -0.4 is 19.7 Å². The second-order valence-corrected chi connectivity index (χ2v) is 7.58. The van der Waals surface area contributed by atoms with Gasteiger partial charge in [0, 0.05) is 25.2 Å². The normalized spacial score (nSPS) is 15.3. The highest BCUT2D eigenvalue weighted by molar-refractivity contribution is 6.04. The third-order valence-corrected chi connectivity index (χ3v) is 5.49. The molecule has 0 spiro atoms. The number of benzene rings is 2. The quantitative estimate of drug-likeness (QED) is 0.768. The summed E-state index contributed by atoms with van der Waals surface area (Å²) in [6, 6.07) is 12.4. The number of fused-ring (bicyclic) bond motifs is 1. The number of nitrogens with zero attached hydrogens (tertiary/aromatic N) is 2. The van der Waals surface area contributed by atoms with Gasteiger partial charge in [0.1, 0.15) is 18.0 Å². The number of anilines is 1. The zero-order valence-electron chi connectivity index (χ0n) is 17.4. The molecule has 1 saturated heterocycles. The molecule has 162 valence electrons. The van der Waals surface area contributed by atoms with Crippen LogP contribution in [0.15, 0.2) is 42.5 Å². The Balaban J connectivity index is 1.45. The van der Waals surface area contributed by atoms with E-state index in [0.29, 0.717) is 23.5 Å². The van der Waals surface area contributed by atoms with Crippen molar-refractivity contribution in [2.45, 2.75) is 19.4 Å². The number of nitrogens with one attached hydrogen (secondary N) is 1. The Morgan fingerprint density at radius 1 is 1.10 bits per heavy atom. The first kappa shape index (κ1) is 20.7. The van der Waals surface area contributed by atoms with Gasteiger partial charge in [0.25, 0.3) is 11.8 Å². The molecule has 2 aromatic carbocycles. The third-order valence-electron chi connectivity index (χ3n) is 5.49. The minimum Gasteiger partial charge on any atom is -0.497 e. The lowest BCUT2D eigenvalue weighted by Crippen LogP contribution is -2.45. The molecule has 1 fully saturated rings. The maximum absolute atomic E-state index is 12.7. The Kier molecular flexibility index (Phi) is 6.06. The van der Waals surface area contributed by atoms with E-state index in [1.165, 1.54) is 4.90 Å². The Hall–Kier alpha value is -3.55. The van der Waals surface area contributed by atoms with Gasteiger partial charge in [0.2, 0.25) is 5.91 Å². The Labute approximate surface area is 180 Å². The van der Waals surface area contributed by atoms with Crippen molar-refractivity contribution in [3.8, 4) is 11.5 Å². The molecule has 2 aliphatic rings. The van der Waals surface area contributed by atoms with E-state index in [9.17, 15) is 14.4 Å². The number of carbonyl (C=O) groups excluding carboxylic acids is 3. The van der Waals surface area contributed by atoms with Crippen molar-refractivity contribution in [3.63, 3.8) is 0 Å². The number of ether oxygens (including phenoxy) is 2. The first-order valence-corrected chi connectivity index (χ1v) is 10.3. The van der Waals surface area contributed by atoms with Gasteiger partial charge in [-0.2, -0.15) is 0 Å². The molecular formula is C23H25N3O5. The van der Waals surface area contributed by atoms with Crippen LogP contribution in [0.25, 0.3) is 0 Å². The van der Waals surface area contributed by atoms with Gasteiger partial charge in [-0.1, -0.05) is 12.1 Å². The van der Waals surface area contributed by atoms with Crippen molar-refractivity contribution in [2.75, 3.05) is 38.3 Å². The van der Waals surface area contributed by atoms with Crippen molar-refractivity contribution >= 4 is 23.4 Å². The maximum atomic E-state index is 12.7. The topological polar surface area (TPSA) is 88.2 Å². The van der Waals surface area contributed by atoms with E-state index in [1.807, 2.05) is 24.3 Å². The molecule has 0 aromatic heterocycles. The lowest BCUT2D eigenvalue weighted by Gasteiger charge is -2.29. The van der Waals surface area contributed by atoms with Crippen LogP contribution >= 0.6 is 0 Å².